The molecule has 0 spiro atoms. The lowest BCUT2D eigenvalue weighted by Gasteiger charge is -2.49. The van der Waals surface area contributed by atoms with Crippen molar-refractivity contribution in [2.75, 3.05) is 13.2 Å². The van der Waals surface area contributed by atoms with Crippen molar-refractivity contribution in [3.8, 4) is 0 Å². The highest BCUT2D eigenvalue weighted by atomic mass is 16.5. The van der Waals surface area contributed by atoms with Crippen LogP contribution in [-0.4, -0.2) is 13.2 Å². The standard InChI is InChI=1S/C10H20.C9H18O.C9H18/c1-8(2)10(9(3)4)6-5-7-10;1-7(2)9(8(3)4)5-10-6-9;1-7(2)9(5-6-9)8(3)4/h8-9H,5-7H2,1-4H3;7-8H,5-6H2,1-4H3;7-8H,5-6H2,1-4H3. The van der Waals surface area contributed by atoms with Crippen molar-refractivity contribution >= 4 is 0 Å². The van der Waals surface area contributed by atoms with Crippen LogP contribution in [0.3, 0.4) is 0 Å². The zero-order chi connectivity index (χ0) is 22.6. The van der Waals surface area contributed by atoms with Crippen LogP contribution in [-0.2, 0) is 4.74 Å². The van der Waals surface area contributed by atoms with Crippen LogP contribution >= 0.6 is 0 Å². The van der Waals surface area contributed by atoms with Gasteiger partial charge in [-0.3, -0.25) is 0 Å². The maximum atomic E-state index is 5.26. The van der Waals surface area contributed by atoms with Gasteiger partial charge in [0.2, 0.25) is 0 Å². The average Bonchev–Trinajstić information content (AvgIpc) is 3.25. The SMILES string of the molecule is CC(C)C1(C(C)C)CC1.CC(C)C1(C(C)C)CCC1.CC(C)C1(C(C)C)COC1. The summed E-state index contributed by atoms with van der Waals surface area (Å²) < 4.78 is 5.26. The molecule has 1 nitrogen and oxygen atoms in total. The van der Waals surface area contributed by atoms with Gasteiger partial charge in [-0.25, -0.2) is 0 Å². The second-order valence-corrected chi connectivity index (χ2v) is 12.5. The minimum absolute atomic E-state index is 0.500. The molecule has 0 aromatic rings. The lowest BCUT2D eigenvalue weighted by Crippen LogP contribution is -2.50. The van der Waals surface area contributed by atoms with E-state index in [0.717, 1.165) is 59.6 Å². The van der Waals surface area contributed by atoms with Gasteiger partial charge >= 0.3 is 0 Å². The minimum Gasteiger partial charge on any atom is -0.380 e. The summed E-state index contributed by atoms with van der Waals surface area (Å²) in [7, 11) is 0. The molecule has 0 N–H and O–H groups in total. The Kier molecular flexibility index (Phi) is 9.79. The Bertz CT molecular complexity index is 397. The van der Waals surface area contributed by atoms with E-state index in [9.17, 15) is 0 Å². The predicted octanol–water partition coefficient (Wildman–Crippen LogP) is 8.86. The Hall–Kier alpha value is -0.0400. The van der Waals surface area contributed by atoms with Crippen molar-refractivity contribution in [2.45, 2.75) is 115 Å². The van der Waals surface area contributed by atoms with Crippen LogP contribution in [0.4, 0.5) is 0 Å². The van der Waals surface area contributed by atoms with Crippen LogP contribution in [0.2, 0.25) is 0 Å². The van der Waals surface area contributed by atoms with Crippen LogP contribution < -0.4 is 0 Å². The van der Waals surface area contributed by atoms with Crippen molar-refractivity contribution < 1.29 is 4.74 Å². The van der Waals surface area contributed by atoms with Crippen molar-refractivity contribution in [1.82, 2.24) is 0 Å². The fourth-order valence-electron chi connectivity index (χ4n) is 6.04. The molecule has 0 amide bonds. The molecule has 1 heteroatoms. The Morgan fingerprint density at radius 2 is 0.690 bits per heavy atom. The Labute approximate surface area is 185 Å². The molecule has 3 fully saturated rings. The van der Waals surface area contributed by atoms with Crippen molar-refractivity contribution in [2.24, 2.45) is 51.8 Å². The zero-order valence-corrected chi connectivity index (χ0v) is 22.3. The van der Waals surface area contributed by atoms with Crippen molar-refractivity contribution in [3.05, 3.63) is 0 Å². The van der Waals surface area contributed by atoms with Gasteiger partial charge in [-0.15, -0.1) is 0 Å². The van der Waals surface area contributed by atoms with Crippen LogP contribution in [0.5, 0.6) is 0 Å². The van der Waals surface area contributed by atoms with Gasteiger partial charge in [0.1, 0.15) is 0 Å². The van der Waals surface area contributed by atoms with Gasteiger partial charge in [-0.2, -0.15) is 0 Å². The third kappa shape index (κ3) is 5.81. The van der Waals surface area contributed by atoms with E-state index in [1.807, 2.05) is 0 Å². The molecule has 0 unspecified atom stereocenters. The molecule has 0 bridgehead atoms. The summed E-state index contributed by atoms with van der Waals surface area (Å²) in [5.74, 6) is 5.11. The van der Waals surface area contributed by atoms with Crippen molar-refractivity contribution in [1.29, 1.82) is 0 Å². The molecule has 3 aliphatic rings. The molecule has 0 aromatic carbocycles. The lowest BCUT2D eigenvalue weighted by atomic mass is 9.56. The Balaban J connectivity index is 0.000000218. The van der Waals surface area contributed by atoms with Gasteiger partial charge in [0, 0.05) is 5.41 Å². The first kappa shape index (κ1) is 27.0. The smallest absolute Gasteiger partial charge is 0.0549 e. The molecule has 29 heavy (non-hydrogen) atoms. The fourth-order valence-corrected chi connectivity index (χ4v) is 6.04. The molecule has 0 radical (unpaired) electrons. The molecular weight excluding hydrogens is 352 g/mol. The first-order valence-corrected chi connectivity index (χ1v) is 12.9. The maximum Gasteiger partial charge on any atom is 0.0549 e. The molecule has 0 atom stereocenters. The van der Waals surface area contributed by atoms with E-state index in [0.29, 0.717) is 5.41 Å². The summed E-state index contributed by atoms with van der Waals surface area (Å²) in [5.41, 5.74) is 1.97. The van der Waals surface area contributed by atoms with E-state index in [-0.39, 0.29) is 0 Å². The van der Waals surface area contributed by atoms with E-state index in [2.05, 4.69) is 83.1 Å². The number of hydrogen-bond acceptors (Lipinski definition) is 1. The lowest BCUT2D eigenvalue weighted by molar-refractivity contribution is -0.164. The second kappa shape index (κ2) is 10.5. The predicted molar refractivity (Wildman–Crippen MR) is 130 cm³/mol. The number of rotatable bonds is 6. The summed E-state index contributed by atoms with van der Waals surface area (Å²) in [4.78, 5) is 0. The maximum absolute atomic E-state index is 5.26. The largest absolute Gasteiger partial charge is 0.380 e. The fraction of sp³-hybridized carbons (Fsp3) is 1.00. The first-order chi connectivity index (χ1) is 13.3. The molecule has 0 aromatic heterocycles. The van der Waals surface area contributed by atoms with Crippen LogP contribution in [0, 0.1) is 51.8 Å². The average molecular weight is 409 g/mol. The van der Waals surface area contributed by atoms with Crippen LogP contribution in [0.1, 0.15) is 115 Å². The third-order valence-electron chi connectivity index (χ3n) is 9.75. The van der Waals surface area contributed by atoms with E-state index in [1.165, 1.54) is 32.1 Å². The summed E-state index contributed by atoms with van der Waals surface area (Å²) in [6, 6.07) is 0. The summed E-state index contributed by atoms with van der Waals surface area (Å²) in [6.07, 6.45) is 7.37. The highest BCUT2D eigenvalue weighted by Gasteiger charge is 2.47. The van der Waals surface area contributed by atoms with E-state index in [4.69, 9.17) is 4.74 Å². The number of hydrogen-bond donors (Lipinski definition) is 0. The highest BCUT2D eigenvalue weighted by molar-refractivity contribution is 4.97. The molecule has 2 saturated carbocycles. The van der Waals surface area contributed by atoms with Crippen LogP contribution in [0.15, 0.2) is 0 Å². The van der Waals surface area contributed by atoms with Crippen LogP contribution in [0.25, 0.3) is 0 Å². The third-order valence-corrected chi connectivity index (χ3v) is 9.75. The molecule has 174 valence electrons. The summed E-state index contributed by atoms with van der Waals surface area (Å²) in [6.45, 7) is 30.0. The van der Waals surface area contributed by atoms with Gasteiger partial charge < -0.3 is 4.74 Å². The summed E-state index contributed by atoms with van der Waals surface area (Å²) in [5, 5.41) is 0. The second-order valence-electron chi connectivity index (χ2n) is 12.5. The van der Waals surface area contributed by atoms with Crippen molar-refractivity contribution in [3.63, 3.8) is 0 Å². The Morgan fingerprint density at radius 3 is 0.690 bits per heavy atom. The molecular formula is C28H56O. The summed E-state index contributed by atoms with van der Waals surface area (Å²) >= 11 is 0. The zero-order valence-electron chi connectivity index (χ0n) is 22.3. The minimum atomic E-state index is 0.500. The monoisotopic (exact) mass is 408 g/mol. The number of ether oxygens (including phenoxy) is 1. The topological polar surface area (TPSA) is 9.23 Å². The Morgan fingerprint density at radius 1 is 0.414 bits per heavy atom. The first-order valence-electron chi connectivity index (χ1n) is 12.9. The molecule has 1 saturated heterocycles. The van der Waals surface area contributed by atoms with E-state index in [1.54, 1.807) is 0 Å². The molecule has 3 rings (SSSR count). The molecule has 2 aliphatic carbocycles. The van der Waals surface area contributed by atoms with Gasteiger partial charge in [0.05, 0.1) is 13.2 Å². The molecule has 1 aliphatic heterocycles. The van der Waals surface area contributed by atoms with E-state index >= 15 is 0 Å². The quantitative estimate of drug-likeness (QED) is 0.426. The van der Waals surface area contributed by atoms with Gasteiger partial charge in [-0.1, -0.05) is 89.5 Å². The van der Waals surface area contributed by atoms with Gasteiger partial charge in [-0.05, 0) is 72.0 Å². The highest BCUT2D eigenvalue weighted by Crippen LogP contribution is 2.57. The van der Waals surface area contributed by atoms with Gasteiger partial charge in [0.25, 0.3) is 0 Å². The normalized spacial score (nSPS) is 23.4. The molecule has 1 heterocycles. The van der Waals surface area contributed by atoms with E-state index < -0.39 is 0 Å². The van der Waals surface area contributed by atoms with Gasteiger partial charge in [0.15, 0.2) is 0 Å².